The lowest BCUT2D eigenvalue weighted by Crippen LogP contribution is -2.54. The van der Waals surface area contributed by atoms with Crippen molar-refractivity contribution in [2.45, 2.75) is 65.6 Å². The van der Waals surface area contributed by atoms with Crippen LogP contribution >= 0.6 is 0 Å². The maximum Gasteiger partial charge on any atom is 0.408 e. The number of carbonyl (C=O) groups is 3. The van der Waals surface area contributed by atoms with Crippen molar-refractivity contribution in [3.63, 3.8) is 0 Å². The molecule has 2 rings (SSSR count). The van der Waals surface area contributed by atoms with Crippen LogP contribution in [0.25, 0.3) is 0 Å². The highest BCUT2D eigenvalue weighted by Crippen LogP contribution is 2.31. The minimum Gasteiger partial charge on any atom is -0.508 e. The molecule has 3 amide bonds. The van der Waals surface area contributed by atoms with Crippen LogP contribution in [0.1, 0.15) is 58.2 Å². The number of nitrogens with one attached hydrogen (secondary N) is 2. The molecule has 37 heavy (non-hydrogen) atoms. The predicted octanol–water partition coefficient (Wildman–Crippen LogP) is 5.33. The Bertz CT molecular complexity index is 1110. The van der Waals surface area contributed by atoms with Gasteiger partial charge < -0.3 is 25.4 Å². The van der Waals surface area contributed by atoms with Gasteiger partial charge in [0.25, 0.3) is 5.91 Å². The summed E-state index contributed by atoms with van der Waals surface area (Å²) in [6, 6.07) is 11.5. The number of anilines is 1. The molecule has 0 aromatic heterocycles. The second-order valence-electron chi connectivity index (χ2n) is 10.1. The fourth-order valence-corrected chi connectivity index (χ4v) is 3.84. The number of phenolic OH excluding ortho intramolecular Hbond substituents is 1. The van der Waals surface area contributed by atoms with E-state index in [4.69, 9.17) is 4.74 Å². The van der Waals surface area contributed by atoms with E-state index in [2.05, 4.69) is 17.2 Å². The highest BCUT2D eigenvalue weighted by Gasteiger charge is 2.38. The first-order valence-corrected chi connectivity index (χ1v) is 12.4. The lowest BCUT2D eigenvalue weighted by atomic mass is 9.95. The van der Waals surface area contributed by atoms with Crippen molar-refractivity contribution in [2.75, 3.05) is 11.9 Å². The first-order chi connectivity index (χ1) is 17.4. The van der Waals surface area contributed by atoms with Gasteiger partial charge in [-0.3, -0.25) is 9.59 Å². The molecule has 0 saturated heterocycles. The highest BCUT2D eigenvalue weighted by atomic mass is 16.6. The van der Waals surface area contributed by atoms with Crippen LogP contribution in [0.3, 0.4) is 0 Å². The van der Waals surface area contributed by atoms with Crippen LogP contribution in [0.4, 0.5) is 10.5 Å². The van der Waals surface area contributed by atoms with Gasteiger partial charge in [0.1, 0.15) is 23.4 Å². The number of phenols is 1. The van der Waals surface area contributed by atoms with Crippen molar-refractivity contribution < 1.29 is 24.2 Å². The van der Waals surface area contributed by atoms with Crippen molar-refractivity contribution >= 4 is 23.6 Å². The van der Waals surface area contributed by atoms with E-state index in [0.29, 0.717) is 12.1 Å². The summed E-state index contributed by atoms with van der Waals surface area (Å²) in [4.78, 5) is 41.7. The van der Waals surface area contributed by atoms with Gasteiger partial charge in [-0.15, -0.1) is 6.58 Å². The molecule has 0 aliphatic rings. The molecule has 0 aliphatic heterocycles. The molecule has 0 radical (unpaired) electrons. The summed E-state index contributed by atoms with van der Waals surface area (Å²) in [5, 5.41) is 16.3. The molecule has 3 unspecified atom stereocenters. The van der Waals surface area contributed by atoms with Gasteiger partial charge in [-0.1, -0.05) is 62.7 Å². The predicted molar refractivity (Wildman–Crippen MR) is 145 cm³/mol. The first kappa shape index (κ1) is 29.4. The number of ether oxygens (including phenoxy) is 1. The number of benzene rings is 2. The Balaban J connectivity index is 2.55. The lowest BCUT2D eigenvalue weighted by molar-refractivity contribution is -0.141. The Kier molecular flexibility index (Phi) is 10.3. The van der Waals surface area contributed by atoms with Crippen LogP contribution in [0, 0.1) is 12.8 Å². The SMILES string of the molecule is C=CCN(C(=O)C(NC(=O)OC(C)(C)C)C(C)CC)C(C(=O)Nc1ccccc1C)c1ccccc1O. The maximum atomic E-state index is 14.0. The van der Waals surface area contributed by atoms with Crippen LogP contribution < -0.4 is 10.6 Å². The molecule has 2 aromatic rings. The topological polar surface area (TPSA) is 108 Å². The van der Waals surface area contributed by atoms with Gasteiger partial charge in [0, 0.05) is 17.8 Å². The standard InChI is InChI=1S/C29H39N3O5/c1-8-18-32(27(35)24(19(3)9-2)31-28(36)37-29(5,6)7)25(21-15-11-13-17-23(21)33)26(34)30-22-16-12-10-14-20(22)4/h8,10-17,19,24-25,33H,1,9,18H2,2-7H3,(H,30,34)(H,31,36). The molecule has 2 aromatic carbocycles. The third kappa shape index (κ3) is 8.10. The number of rotatable bonds is 10. The Labute approximate surface area is 219 Å². The van der Waals surface area contributed by atoms with Crippen molar-refractivity contribution in [1.29, 1.82) is 0 Å². The molecular weight excluding hydrogens is 470 g/mol. The van der Waals surface area contributed by atoms with Crippen molar-refractivity contribution in [3.8, 4) is 5.75 Å². The average molecular weight is 510 g/mol. The molecule has 8 heteroatoms. The highest BCUT2D eigenvalue weighted by molar-refractivity contribution is 5.99. The van der Waals surface area contributed by atoms with Gasteiger partial charge in [-0.2, -0.15) is 0 Å². The second-order valence-corrected chi connectivity index (χ2v) is 10.1. The van der Waals surface area contributed by atoms with E-state index in [1.165, 1.54) is 17.0 Å². The molecule has 0 heterocycles. The summed E-state index contributed by atoms with van der Waals surface area (Å²) in [7, 11) is 0. The van der Waals surface area contributed by atoms with E-state index in [1.54, 1.807) is 51.1 Å². The van der Waals surface area contributed by atoms with E-state index >= 15 is 0 Å². The lowest BCUT2D eigenvalue weighted by Gasteiger charge is -2.35. The number of carbonyl (C=O) groups excluding carboxylic acids is 3. The first-order valence-electron chi connectivity index (χ1n) is 12.4. The van der Waals surface area contributed by atoms with E-state index in [0.717, 1.165) is 5.56 Å². The van der Waals surface area contributed by atoms with Gasteiger partial charge in [-0.05, 0) is 51.3 Å². The van der Waals surface area contributed by atoms with Crippen LogP contribution in [-0.4, -0.2) is 46.1 Å². The zero-order valence-electron chi connectivity index (χ0n) is 22.6. The van der Waals surface area contributed by atoms with E-state index in [9.17, 15) is 19.5 Å². The molecule has 3 N–H and O–H groups in total. The number of hydrogen-bond donors (Lipinski definition) is 3. The van der Waals surface area contributed by atoms with Crippen LogP contribution in [0.15, 0.2) is 61.2 Å². The van der Waals surface area contributed by atoms with E-state index in [1.807, 2.05) is 32.9 Å². The van der Waals surface area contributed by atoms with Gasteiger partial charge in [0.15, 0.2) is 0 Å². The molecular formula is C29H39N3O5. The summed E-state index contributed by atoms with van der Waals surface area (Å²) in [5.74, 6) is -1.40. The Morgan fingerprint density at radius 1 is 1.11 bits per heavy atom. The Morgan fingerprint density at radius 2 is 1.73 bits per heavy atom. The molecule has 0 fully saturated rings. The quantitative estimate of drug-likeness (QED) is 0.375. The number of para-hydroxylation sites is 2. The number of aromatic hydroxyl groups is 1. The monoisotopic (exact) mass is 509 g/mol. The third-order valence-corrected chi connectivity index (χ3v) is 5.95. The molecule has 3 atom stereocenters. The van der Waals surface area contributed by atoms with Gasteiger partial charge in [-0.25, -0.2) is 4.79 Å². The summed E-state index contributed by atoms with van der Waals surface area (Å²) in [6.45, 7) is 14.6. The maximum absolute atomic E-state index is 14.0. The number of hydrogen-bond acceptors (Lipinski definition) is 5. The van der Waals surface area contributed by atoms with Gasteiger partial charge >= 0.3 is 6.09 Å². The van der Waals surface area contributed by atoms with Gasteiger partial charge in [0.05, 0.1) is 0 Å². The molecule has 0 saturated carbocycles. The molecule has 8 nitrogen and oxygen atoms in total. The fourth-order valence-electron chi connectivity index (χ4n) is 3.84. The average Bonchev–Trinajstić information content (AvgIpc) is 2.82. The molecule has 0 bridgehead atoms. The van der Waals surface area contributed by atoms with E-state index in [-0.39, 0.29) is 23.8 Å². The van der Waals surface area contributed by atoms with Crippen LogP contribution in [-0.2, 0) is 14.3 Å². The molecule has 0 aliphatic carbocycles. The molecule has 0 spiro atoms. The minimum atomic E-state index is -1.20. The van der Waals surface area contributed by atoms with E-state index < -0.39 is 35.6 Å². The van der Waals surface area contributed by atoms with Crippen molar-refractivity contribution in [2.24, 2.45) is 5.92 Å². The fraction of sp³-hybridized carbons (Fsp3) is 0.414. The zero-order valence-corrected chi connectivity index (χ0v) is 22.6. The third-order valence-electron chi connectivity index (χ3n) is 5.95. The van der Waals surface area contributed by atoms with Crippen LogP contribution in [0.5, 0.6) is 5.75 Å². The zero-order chi connectivity index (χ0) is 27.8. The van der Waals surface area contributed by atoms with Crippen molar-refractivity contribution in [3.05, 3.63) is 72.3 Å². The minimum absolute atomic E-state index is 0.00194. The van der Waals surface area contributed by atoms with Crippen molar-refractivity contribution in [1.82, 2.24) is 10.2 Å². The number of amides is 3. The summed E-state index contributed by atoms with van der Waals surface area (Å²) >= 11 is 0. The second kappa shape index (κ2) is 12.9. The smallest absolute Gasteiger partial charge is 0.408 e. The number of alkyl carbamates (subject to hydrolysis) is 1. The number of aryl methyl sites for hydroxylation is 1. The largest absolute Gasteiger partial charge is 0.508 e. The normalized spacial score (nSPS) is 13.6. The summed E-state index contributed by atoms with van der Waals surface area (Å²) < 4.78 is 5.40. The summed E-state index contributed by atoms with van der Waals surface area (Å²) in [6.07, 6.45) is 1.37. The van der Waals surface area contributed by atoms with Crippen LogP contribution in [0.2, 0.25) is 0 Å². The van der Waals surface area contributed by atoms with Gasteiger partial charge in [0.2, 0.25) is 5.91 Å². The Morgan fingerprint density at radius 3 is 2.30 bits per heavy atom. The molecule has 200 valence electrons. The Hall–Kier alpha value is -3.81. The summed E-state index contributed by atoms with van der Waals surface area (Å²) in [5.41, 5.74) is 0.936. The number of nitrogens with zero attached hydrogens (tertiary/aromatic N) is 1.